The van der Waals surface area contributed by atoms with Crippen LogP contribution in [0.15, 0.2) is 41.4 Å². The summed E-state index contributed by atoms with van der Waals surface area (Å²) in [7, 11) is -3.17. The first-order chi connectivity index (χ1) is 21.0. The average Bonchev–Trinajstić information content (AvgIpc) is 2.95. The second-order valence-corrected chi connectivity index (χ2v) is 11.5. The highest BCUT2D eigenvalue weighted by Crippen LogP contribution is 2.41. The molecule has 1 amide bonds. The van der Waals surface area contributed by atoms with Gasteiger partial charge in [-0.05, 0) is 49.6 Å². The fourth-order valence-electron chi connectivity index (χ4n) is 4.94. The van der Waals surface area contributed by atoms with Crippen LogP contribution in [0.1, 0.15) is 60.8 Å². The molecule has 3 N–H and O–H groups in total. The van der Waals surface area contributed by atoms with E-state index >= 15 is 0 Å². The summed E-state index contributed by atoms with van der Waals surface area (Å²) in [5, 5.41) is 8.29. The molecule has 244 valence electrons. The van der Waals surface area contributed by atoms with Crippen LogP contribution in [-0.2, 0) is 33.5 Å². The van der Waals surface area contributed by atoms with Gasteiger partial charge in [-0.15, -0.1) is 0 Å². The van der Waals surface area contributed by atoms with Gasteiger partial charge in [0.05, 0.1) is 54.2 Å². The number of ether oxygens (including phenoxy) is 2. The number of sulfonamides is 1. The third kappa shape index (κ3) is 7.55. The number of carbonyl (C=O) groups excluding carboxylic acids is 1. The zero-order valence-electron chi connectivity index (χ0n) is 24.0. The quantitative estimate of drug-likeness (QED) is 0.300. The number of primary sulfonamides is 1. The Morgan fingerprint density at radius 2 is 1.71 bits per heavy atom. The molecule has 0 fully saturated rings. The van der Waals surface area contributed by atoms with Crippen LogP contribution in [0.25, 0.3) is 0 Å². The molecule has 4 rings (SSSR count). The number of hydrogen-bond donors (Lipinski definition) is 2. The van der Waals surface area contributed by atoms with E-state index in [1.54, 1.807) is 19.1 Å². The van der Waals surface area contributed by atoms with Gasteiger partial charge in [-0.25, -0.2) is 33.3 Å². The van der Waals surface area contributed by atoms with Gasteiger partial charge in [0, 0.05) is 18.5 Å². The lowest BCUT2D eigenvalue weighted by atomic mass is 9.93. The first-order valence-corrected chi connectivity index (χ1v) is 14.9. The summed E-state index contributed by atoms with van der Waals surface area (Å²) in [6.45, 7) is 3.62. The number of pyridine rings is 1. The van der Waals surface area contributed by atoms with E-state index < -0.39 is 74.3 Å². The lowest BCUT2D eigenvalue weighted by Crippen LogP contribution is -2.46. The van der Waals surface area contributed by atoms with Gasteiger partial charge < -0.3 is 14.8 Å². The summed E-state index contributed by atoms with van der Waals surface area (Å²) < 4.78 is 116. The van der Waals surface area contributed by atoms with E-state index in [4.69, 9.17) is 14.6 Å². The minimum absolute atomic E-state index is 0.0391. The largest absolute Gasteiger partial charge is 0.481 e. The molecule has 2 atom stereocenters. The van der Waals surface area contributed by atoms with Crippen LogP contribution in [0, 0.1) is 0 Å². The molecule has 45 heavy (non-hydrogen) atoms. The van der Waals surface area contributed by atoms with Crippen molar-refractivity contribution in [1.29, 1.82) is 0 Å². The molecule has 2 aromatic heterocycles. The Labute approximate surface area is 253 Å². The molecule has 0 aliphatic carbocycles. The van der Waals surface area contributed by atoms with Crippen LogP contribution in [-0.4, -0.2) is 49.2 Å². The molecule has 1 aromatic carbocycles. The summed E-state index contributed by atoms with van der Waals surface area (Å²) in [6, 6.07) is 2.95. The van der Waals surface area contributed by atoms with Crippen molar-refractivity contribution >= 4 is 27.8 Å². The van der Waals surface area contributed by atoms with Crippen molar-refractivity contribution in [1.82, 2.24) is 15.0 Å². The van der Waals surface area contributed by atoms with E-state index in [1.807, 2.05) is 6.92 Å². The van der Waals surface area contributed by atoms with Crippen molar-refractivity contribution in [3.63, 3.8) is 0 Å². The smallest absolute Gasteiger partial charge is 0.416 e. The zero-order chi connectivity index (χ0) is 33.3. The summed E-state index contributed by atoms with van der Waals surface area (Å²) in [5.74, 6) is -0.0177. The second kappa shape index (κ2) is 12.7. The number of halogens is 6. The van der Waals surface area contributed by atoms with Crippen LogP contribution >= 0.6 is 0 Å². The number of methoxy groups -OCH3 is 1. The number of nitrogens with two attached hydrogens (primary N) is 1. The summed E-state index contributed by atoms with van der Waals surface area (Å²) in [5.41, 5.74) is -3.41. The number of aromatic nitrogens is 3. The number of nitrogens with zero attached hydrogens (tertiary/aromatic N) is 4. The zero-order valence-corrected chi connectivity index (χ0v) is 24.8. The predicted octanol–water partition coefficient (Wildman–Crippen LogP) is 5.45. The topological polar surface area (TPSA) is 150 Å². The number of anilines is 2. The summed E-state index contributed by atoms with van der Waals surface area (Å²) >= 11 is 0. The van der Waals surface area contributed by atoms with Crippen molar-refractivity contribution in [3.8, 4) is 5.88 Å². The number of nitrogens with one attached hydrogen (secondary N) is 1. The molecular formula is C27H28F6N6O5S. The lowest BCUT2D eigenvalue weighted by molar-refractivity contribution is -0.143. The monoisotopic (exact) mass is 662 g/mol. The maximum absolute atomic E-state index is 13.5. The van der Waals surface area contributed by atoms with Crippen LogP contribution < -0.4 is 20.1 Å². The number of rotatable bonds is 8. The number of fused-ring (bicyclic) bond motifs is 1. The molecule has 3 heterocycles. The molecule has 0 bridgehead atoms. The minimum Gasteiger partial charge on any atom is -0.481 e. The van der Waals surface area contributed by atoms with E-state index in [9.17, 15) is 39.6 Å². The molecule has 3 aromatic rings. The Balaban J connectivity index is 1.79. The number of alkyl halides is 6. The fourth-order valence-corrected chi connectivity index (χ4v) is 5.58. The number of hydrogen-bond acceptors (Lipinski definition) is 9. The van der Waals surface area contributed by atoms with Gasteiger partial charge in [0.25, 0.3) is 0 Å². The van der Waals surface area contributed by atoms with Crippen LogP contribution in [0.2, 0.25) is 0 Å². The van der Waals surface area contributed by atoms with Gasteiger partial charge in [0.1, 0.15) is 4.90 Å². The molecule has 0 unspecified atom stereocenters. The first-order valence-electron chi connectivity index (χ1n) is 13.4. The molecule has 18 heteroatoms. The normalized spacial score (nSPS) is 17.1. The standard InChI is InChI=1S/C27H28F6N6O5S/c1-4-17-12-19(23-20(6-7-22(38-23)43-3)39(17)25(40)44-5-2)37-24-35-13-21(45(34,41)42)18(36-24)10-14-8-15(26(28,29)30)11-16(9-14)27(31,32)33/h6-9,11,13,17,19H,4-5,10,12H2,1-3H3,(H2,34,41,42)(H,35,36,37)/t17-,19+/m1/s1. The van der Waals surface area contributed by atoms with Crippen molar-refractivity contribution in [2.75, 3.05) is 23.9 Å². The first kappa shape index (κ1) is 33.7. The van der Waals surface area contributed by atoms with Crippen LogP contribution in [0.5, 0.6) is 5.88 Å². The van der Waals surface area contributed by atoms with Gasteiger partial charge in [-0.3, -0.25) is 4.90 Å². The molecule has 0 radical (unpaired) electrons. The number of benzene rings is 1. The Hall–Kier alpha value is -4.19. The molecule has 11 nitrogen and oxygen atoms in total. The maximum atomic E-state index is 13.5. The Morgan fingerprint density at radius 1 is 1.07 bits per heavy atom. The Bertz CT molecular complexity index is 1650. The highest BCUT2D eigenvalue weighted by Gasteiger charge is 2.39. The van der Waals surface area contributed by atoms with Crippen molar-refractivity contribution in [2.45, 2.75) is 62.4 Å². The van der Waals surface area contributed by atoms with Crippen molar-refractivity contribution in [2.24, 2.45) is 5.14 Å². The van der Waals surface area contributed by atoms with Gasteiger partial charge in [0.15, 0.2) is 0 Å². The van der Waals surface area contributed by atoms with E-state index in [1.165, 1.54) is 12.0 Å². The average molecular weight is 663 g/mol. The Kier molecular flexibility index (Phi) is 9.48. The SMILES string of the molecule is CCOC(=O)N1c2ccc(OC)nc2[C@@H](Nc2ncc(S(N)(=O)=O)c(Cc3cc(C(F)(F)F)cc(C(F)(F)F)c3)n2)C[C@H]1CC. The predicted molar refractivity (Wildman–Crippen MR) is 148 cm³/mol. The van der Waals surface area contributed by atoms with Crippen molar-refractivity contribution < 1.29 is 49.0 Å². The molecule has 1 aliphatic heterocycles. The van der Waals surface area contributed by atoms with Gasteiger partial charge in [0.2, 0.25) is 21.9 Å². The molecule has 0 saturated heterocycles. The van der Waals surface area contributed by atoms with E-state index in [0.29, 0.717) is 29.9 Å². The maximum Gasteiger partial charge on any atom is 0.416 e. The lowest BCUT2D eigenvalue weighted by Gasteiger charge is -2.39. The Morgan fingerprint density at radius 3 is 2.24 bits per heavy atom. The van der Waals surface area contributed by atoms with E-state index in [2.05, 4.69) is 20.3 Å². The highest BCUT2D eigenvalue weighted by molar-refractivity contribution is 7.89. The summed E-state index contributed by atoms with van der Waals surface area (Å²) in [6.07, 6.45) is -10.1. The molecule has 1 aliphatic rings. The van der Waals surface area contributed by atoms with Gasteiger partial charge in [-0.2, -0.15) is 26.3 Å². The second-order valence-electron chi connectivity index (χ2n) is 9.96. The van der Waals surface area contributed by atoms with Crippen LogP contribution in [0.3, 0.4) is 0 Å². The molecule has 0 spiro atoms. The third-order valence-corrected chi connectivity index (χ3v) is 7.90. The number of amides is 1. The van der Waals surface area contributed by atoms with E-state index in [-0.39, 0.29) is 30.9 Å². The highest BCUT2D eigenvalue weighted by atomic mass is 32.2. The van der Waals surface area contributed by atoms with E-state index in [0.717, 1.165) is 6.20 Å². The third-order valence-electron chi connectivity index (χ3n) is 6.94. The van der Waals surface area contributed by atoms with Crippen molar-refractivity contribution in [3.05, 3.63) is 64.6 Å². The molecule has 0 saturated carbocycles. The van der Waals surface area contributed by atoms with Gasteiger partial charge in [-0.1, -0.05) is 6.92 Å². The summed E-state index contributed by atoms with van der Waals surface area (Å²) in [4.78, 5) is 26.2. The van der Waals surface area contributed by atoms with Gasteiger partial charge >= 0.3 is 18.4 Å². The van der Waals surface area contributed by atoms with Crippen LogP contribution in [0.4, 0.5) is 42.8 Å². The minimum atomic E-state index is -5.12. The number of carbonyl (C=O) groups is 1. The fraction of sp³-hybridized carbons (Fsp3) is 0.407. The molecular weight excluding hydrogens is 634 g/mol.